The second-order valence-corrected chi connectivity index (χ2v) is 4.72. The predicted molar refractivity (Wildman–Crippen MR) is 86.0 cm³/mol. The highest BCUT2D eigenvalue weighted by atomic mass is 16.6. The number of hydrogen-bond donors (Lipinski definition) is 1. The molecule has 0 fully saturated rings. The van der Waals surface area contributed by atoms with Gasteiger partial charge in [0.2, 0.25) is 11.2 Å². The van der Waals surface area contributed by atoms with Crippen LogP contribution in [-0.2, 0) is 14.1 Å². The normalized spacial score (nSPS) is 10.5. The van der Waals surface area contributed by atoms with Crippen LogP contribution in [0.1, 0.15) is 5.56 Å². The third-order valence-corrected chi connectivity index (χ3v) is 3.23. The molecule has 1 N–H and O–H groups in total. The number of benzene rings is 1. The van der Waals surface area contributed by atoms with E-state index in [1.54, 1.807) is 0 Å². The molecule has 11 nitrogen and oxygen atoms in total. The van der Waals surface area contributed by atoms with Crippen LogP contribution in [0.5, 0.6) is 0 Å². The van der Waals surface area contributed by atoms with Crippen molar-refractivity contribution in [1.29, 1.82) is 5.39 Å². The number of nitrogens with zero attached hydrogens (tertiary/aromatic N) is 6. The van der Waals surface area contributed by atoms with Gasteiger partial charge in [0, 0.05) is 26.2 Å². The van der Waals surface area contributed by atoms with Crippen molar-refractivity contribution in [2.75, 3.05) is 5.43 Å². The maximum absolute atomic E-state index is 11.9. The number of aromatic nitrogens is 2. The van der Waals surface area contributed by atoms with E-state index in [0.29, 0.717) is 5.56 Å². The first-order valence-electron chi connectivity index (χ1n) is 6.55. The molecule has 1 aromatic heterocycles. The highest BCUT2D eigenvalue weighted by Crippen LogP contribution is 2.17. The van der Waals surface area contributed by atoms with E-state index < -0.39 is 16.2 Å². The van der Waals surface area contributed by atoms with Gasteiger partial charge in [0.1, 0.15) is 0 Å². The third kappa shape index (κ3) is 3.02. The van der Waals surface area contributed by atoms with Gasteiger partial charge in [-0.1, -0.05) is 0 Å². The molecule has 0 atom stereocenters. The quantitative estimate of drug-likeness (QED) is 0.382. The summed E-state index contributed by atoms with van der Waals surface area (Å²) in [7, 11) is 2.63. The molecule has 0 bridgehead atoms. The second-order valence-electron chi connectivity index (χ2n) is 4.72. The second kappa shape index (κ2) is 6.53. The smallest absolute Gasteiger partial charge is 0.275 e. The predicted octanol–water partition coefficient (Wildman–Crippen LogP) is 0.923. The Bertz CT molecular complexity index is 980. The van der Waals surface area contributed by atoms with Gasteiger partial charge >= 0.3 is 16.9 Å². The van der Waals surface area contributed by atoms with Gasteiger partial charge in [-0.25, -0.2) is 4.79 Å². The van der Waals surface area contributed by atoms with E-state index in [0.717, 1.165) is 9.13 Å². The molecule has 0 saturated carbocycles. The summed E-state index contributed by atoms with van der Waals surface area (Å²) >= 11 is 0. The van der Waals surface area contributed by atoms with E-state index in [2.05, 4.69) is 15.5 Å². The molecule has 0 saturated heterocycles. The Labute approximate surface area is 134 Å². The Balaban J connectivity index is 2.33. The van der Waals surface area contributed by atoms with Gasteiger partial charge in [-0.2, -0.15) is 5.10 Å². The molecule has 0 amide bonds. The van der Waals surface area contributed by atoms with E-state index in [9.17, 15) is 19.7 Å². The lowest BCUT2D eigenvalue weighted by Gasteiger charge is -2.05. The zero-order chi connectivity index (χ0) is 17.9. The average molecular weight is 330 g/mol. The molecule has 11 heteroatoms. The summed E-state index contributed by atoms with van der Waals surface area (Å²) in [6.07, 6.45) is 1.33. The lowest BCUT2D eigenvalue weighted by Crippen LogP contribution is -2.37. The Kier molecular flexibility index (Phi) is 4.50. The molecule has 1 aromatic carbocycles. The van der Waals surface area contributed by atoms with Gasteiger partial charge in [-0.3, -0.25) is 29.5 Å². The topological polar surface area (TPSA) is 140 Å². The minimum Gasteiger partial charge on any atom is -0.275 e. The van der Waals surface area contributed by atoms with Crippen LogP contribution >= 0.6 is 0 Å². The molecule has 1 heterocycles. The standard InChI is InChI=1S/C13H11N7O4/c1-18-11(10(16-14)12(21)19(2)13(18)22)17-15-7-8-3-5-9(6-4-8)20(23)24/h3-7H,1-2H3/p+1/b15-7+. The van der Waals surface area contributed by atoms with Crippen molar-refractivity contribution in [1.82, 2.24) is 9.13 Å². The summed E-state index contributed by atoms with van der Waals surface area (Å²) < 4.78 is 1.85. The number of diazo groups is 1. The zero-order valence-corrected chi connectivity index (χ0v) is 12.7. The van der Waals surface area contributed by atoms with Gasteiger partial charge in [-0.15, -0.1) is 0 Å². The lowest BCUT2D eigenvalue weighted by molar-refractivity contribution is -0.384. The third-order valence-electron chi connectivity index (χ3n) is 3.23. The SMILES string of the molecule is Cn1c(N/N=C/c2ccc([N+](=O)[O-])cc2)c([N+]#N)c(=O)n(C)c1=O. The van der Waals surface area contributed by atoms with Crippen molar-refractivity contribution in [3.05, 3.63) is 65.8 Å². The van der Waals surface area contributed by atoms with Crippen LogP contribution in [0.15, 0.2) is 39.0 Å². The molecule has 0 aliphatic carbocycles. The molecule has 0 unspecified atom stereocenters. The molecule has 0 radical (unpaired) electrons. The largest absolute Gasteiger partial charge is 0.491 e. The van der Waals surface area contributed by atoms with E-state index in [1.165, 1.54) is 44.6 Å². The zero-order valence-electron chi connectivity index (χ0n) is 12.7. The number of nitro groups is 1. The van der Waals surface area contributed by atoms with Crippen molar-refractivity contribution in [2.24, 2.45) is 19.2 Å². The van der Waals surface area contributed by atoms with Crippen LogP contribution in [0.25, 0.3) is 4.98 Å². The van der Waals surface area contributed by atoms with Gasteiger partial charge < -0.3 is 0 Å². The van der Waals surface area contributed by atoms with Gasteiger partial charge in [0.15, 0.2) is 4.98 Å². The van der Waals surface area contributed by atoms with E-state index in [4.69, 9.17) is 5.39 Å². The summed E-state index contributed by atoms with van der Waals surface area (Å²) in [5, 5.41) is 23.4. The first kappa shape index (κ1) is 16.6. The Morgan fingerprint density at radius 2 is 1.88 bits per heavy atom. The van der Waals surface area contributed by atoms with Crippen LogP contribution < -0.4 is 16.7 Å². The van der Waals surface area contributed by atoms with Gasteiger partial charge in [0.25, 0.3) is 5.69 Å². The minimum atomic E-state index is -0.784. The summed E-state index contributed by atoms with van der Waals surface area (Å²) in [6, 6.07) is 5.57. The summed E-state index contributed by atoms with van der Waals surface area (Å²) in [5.41, 5.74) is 1.16. The van der Waals surface area contributed by atoms with Crippen LogP contribution in [0.3, 0.4) is 0 Å². The first-order chi connectivity index (χ1) is 11.4. The van der Waals surface area contributed by atoms with Crippen molar-refractivity contribution in [3.63, 3.8) is 0 Å². The number of hydrazone groups is 1. The molecular formula is C13H12N7O4+. The van der Waals surface area contributed by atoms with E-state index in [-0.39, 0.29) is 17.2 Å². The van der Waals surface area contributed by atoms with E-state index in [1.807, 2.05) is 0 Å². The molecular weight excluding hydrogens is 318 g/mol. The maximum Gasteiger partial charge on any atom is 0.491 e. The fourth-order valence-electron chi connectivity index (χ4n) is 1.89. The number of nitrogens with one attached hydrogen (secondary N) is 1. The Hall–Kier alpha value is -3.81. The highest BCUT2D eigenvalue weighted by molar-refractivity contribution is 5.81. The molecule has 122 valence electrons. The average Bonchev–Trinajstić information content (AvgIpc) is 2.58. The van der Waals surface area contributed by atoms with Crippen molar-refractivity contribution >= 4 is 23.4 Å². The number of nitro benzene ring substituents is 1. The minimum absolute atomic E-state index is 0.0598. The van der Waals surface area contributed by atoms with Crippen LogP contribution in [-0.4, -0.2) is 20.3 Å². The fraction of sp³-hybridized carbons (Fsp3) is 0.154. The molecule has 2 rings (SSSR count). The van der Waals surface area contributed by atoms with Crippen molar-refractivity contribution in [3.8, 4) is 0 Å². The molecule has 0 aliphatic heterocycles. The van der Waals surface area contributed by atoms with Crippen LogP contribution in [0.4, 0.5) is 17.2 Å². The Morgan fingerprint density at radius 1 is 1.25 bits per heavy atom. The number of hydrogen-bond acceptors (Lipinski definition) is 7. The number of non-ortho nitro benzene ring substituents is 1. The van der Waals surface area contributed by atoms with Crippen LogP contribution in [0, 0.1) is 15.5 Å². The summed E-state index contributed by atoms with van der Waals surface area (Å²) in [6.45, 7) is 0. The molecule has 0 spiro atoms. The van der Waals surface area contributed by atoms with Gasteiger partial charge in [0.05, 0.1) is 11.1 Å². The highest BCUT2D eigenvalue weighted by Gasteiger charge is 2.26. The fourth-order valence-corrected chi connectivity index (χ4v) is 1.89. The molecule has 0 aliphatic rings. The van der Waals surface area contributed by atoms with Crippen LogP contribution in [0.2, 0.25) is 0 Å². The van der Waals surface area contributed by atoms with Crippen molar-refractivity contribution in [2.45, 2.75) is 0 Å². The molecule has 24 heavy (non-hydrogen) atoms. The van der Waals surface area contributed by atoms with Gasteiger partial charge in [-0.05, 0) is 17.7 Å². The molecule has 2 aromatic rings. The van der Waals surface area contributed by atoms with E-state index >= 15 is 0 Å². The first-order valence-corrected chi connectivity index (χ1v) is 6.55. The maximum atomic E-state index is 11.9. The number of anilines is 1. The Morgan fingerprint density at radius 3 is 2.42 bits per heavy atom. The monoisotopic (exact) mass is 330 g/mol. The lowest BCUT2D eigenvalue weighted by atomic mass is 10.2. The number of rotatable bonds is 4. The van der Waals surface area contributed by atoms with Crippen molar-refractivity contribution < 1.29 is 4.92 Å². The summed E-state index contributed by atoms with van der Waals surface area (Å²) in [5.74, 6) is -0.0937. The summed E-state index contributed by atoms with van der Waals surface area (Å²) in [4.78, 5) is 36.7.